The Balaban J connectivity index is 0.632. The molecular weight excluding hydrogens is 1420 g/mol. The van der Waals surface area contributed by atoms with Gasteiger partial charge in [0, 0.05) is 73.7 Å². The van der Waals surface area contributed by atoms with Crippen LogP contribution in [0.2, 0.25) is 0 Å². The summed E-state index contributed by atoms with van der Waals surface area (Å²) >= 11 is 3.56. The molecule has 0 amide bonds. The maximum atomic E-state index is 5.53. The lowest BCUT2D eigenvalue weighted by Crippen LogP contribution is -2.00. The molecule has 0 radical (unpaired) electrons. The minimum atomic E-state index is 0.598. The molecule has 4 heterocycles. The molecular formula is C106H62N6S2. The Kier molecular flexibility index (Phi) is 15.3. The van der Waals surface area contributed by atoms with Crippen LogP contribution in [0.5, 0.6) is 0 Å². The van der Waals surface area contributed by atoms with Crippen LogP contribution in [0.25, 0.3) is 240 Å². The number of aromatic nitrogens is 6. The van der Waals surface area contributed by atoms with Crippen LogP contribution in [0.3, 0.4) is 0 Å². The van der Waals surface area contributed by atoms with Crippen molar-refractivity contribution in [3.8, 4) is 124 Å². The molecule has 6 nitrogen and oxygen atoms in total. The van der Waals surface area contributed by atoms with Gasteiger partial charge in [-0.15, -0.1) is 22.7 Å². The van der Waals surface area contributed by atoms with E-state index in [-0.39, 0.29) is 0 Å². The summed E-state index contributed by atoms with van der Waals surface area (Å²) in [4.78, 5) is 32.8. The largest absolute Gasteiger partial charge is 0.208 e. The summed E-state index contributed by atoms with van der Waals surface area (Å²) in [5, 5.41) is 21.6. The molecule has 0 saturated carbocycles. The van der Waals surface area contributed by atoms with Gasteiger partial charge in [0.2, 0.25) is 0 Å². The molecule has 23 aromatic rings. The first-order valence-corrected chi connectivity index (χ1v) is 40.2. The van der Waals surface area contributed by atoms with Crippen molar-refractivity contribution in [3.05, 3.63) is 376 Å². The number of benzene rings is 19. The van der Waals surface area contributed by atoms with Gasteiger partial charge in [0.25, 0.3) is 0 Å². The van der Waals surface area contributed by atoms with E-state index in [1.807, 2.05) is 0 Å². The number of rotatable bonds is 11. The van der Waals surface area contributed by atoms with Crippen molar-refractivity contribution >= 4 is 138 Å². The lowest BCUT2D eigenvalue weighted by Gasteiger charge is -2.14. The van der Waals surface area contributed by atoms with Crippen LogP contribution >= 0.6 is 22.7 Å². The van der Waals surface area contributed by atoms with Crippen LogP contribution in [0, 0.1) is 0 Å². The third-order valence-corrected chi connectivity index (χ3v) is 25.4. The van der Waals surface area contributed by atoms with Gasteiger partial charge in [-0.25, -0.2) is 29.9 Å². The van der Waals surface area contributed by atoms with Crippen LogP contribution < -0.4 is 0 Å². The summed E-state index contributed by atoms with van der Waals surface area (Å²) in [5.74, 6) is 3.64. The van der Waals surface area contributed by atoms with Crippen LogP contribution in [-0.4, -0.2) is 29.9 Å². The summed E-state index contributed by atoms with van der Waals surface area (Å²) < 4.78 is 4.66. The lowest BCUT2D eigenvalue weighted by atomic mass is 9.91. The van der Waals surface area contributed by atoms with E-state index in [0.717, 1.165) is 115 Å². The Morgan fingerprint density at radius 1 is 0.140 bits per heavy atom. The molecule has 4 aromatic heterocycles. The maximum Gasteiger partial charge on any atom is 0.165 e. The smallest absolute Gasteiger partial charge is 0.165 e. The fourth-order valence-corrected chi connectivity index (χ4v) is 20.0. The van der Waals surface area contributed by atoms with E-state index >= 15 is 0 Å². The van der Waals surface area contributed by atoms with E-state index in [2.05, 4.69) is 376 Å². The summed E-state index contributed by atoms with van der Waals surface area (Å²) in [6.07, 6.45) is 0. The highest BCUT2D eigenvalue weighted by atomic mass is 32.1. The first-order valence-electron chi connectivity index (χ1n) is 38.5. The van der Waals surface area contributed by atoms with Crippen molar-refractivity contribution in [2.45, 2.75) is 0 Å². The monoisotopic (exact) mass is 1480 g/mol. The fraction of sp³-hybridized carbons (Fsp3) is 0. The molecule has 0 spiro atoms. The number of thiophene rings is 2. The van der Waals surface area contributed by atoms with Crippen molar-refractivity contribution in [2.75, 3.05) is 0 Å². The molecule has 0 unspecified atom stereocenters. The number of hydrogen-bond donors (Lipinski definition) is 0. The van der Waals surface area contributed by atoms with E-state index in [4.69, 9.17) is 29.9 Å². The first kappa shape index (κ1) is 65.4. The van der Waals surface area contributed by atoms with Gasteiger partial charge in [0.1, 0.15) is 0 Å². The molecule has 528 valence electrons. The van der Waals surface area contributed by atoms with Gasteiger partial charge in [-0.2, -0.15) is 0 Å². The molecule has 19 aromatic carbocycles. The van der Waals surface area contributed by atoms with Crippen LogP contribution in [0.15, 0.2) is 376 Å². The van der Waals surface area contributed by atoms with Crippen LogP contribution in [0.1, 0.15) is 0 Å². The predicted molar refractivity (Wildman–Crippen MR) is 481 cm³/mol. The molecule has 0 N–H and O–H groups in total. The van der Waals surface area contributed by atoms with E-state index in [1.165, 1.54) is 90.2 Å². The molecule has 0 fully saturated rings. The zero-order valence-electron chi connectivity index (χ0n) is 61.3. The second-order valence-electron chi connectivity index (χ2n) is 29.5. The Morgan fingerprint density at radius 2 is 0.412 bits per heavy atom. The van der Waals surface area contributed by atoms with E-state index < -0.39 is 0 Å². The number of fused-ring (bicyclic) bond motifs is 16. The van der Waals surface area contributed by atoms with Gasteiger partial charge in [0.05, 0.1) is 0 Å². The van der Waals surface area contributed by atoms with Crippen LogP contribution in [-0.2, 0) is 0 Å². The number of nitrogens with zero attached hydrogens (tertiary/aromatic N) is 6. The second-order valence-corrected chi connectivity index (χ2v) is 31.6. The second kappa shape index (κ2) is 26.6. The van der Waals surface area contributed by atoms with Crippen molar-refractivity contribution in [3.63, 3.8) is 0 Å². The Morgan fingerprint density at radius 3 is 0.807 bits per heavy atom. The van der Waals surface area contributed by atoms with Gasteiger partial charge in [-0.1, -0.05) is 303 Å². The molecule has 0 aliphatic rings. The SMILES string of the molecule is c1cc(-c2nc(-c3cccc(-c4cc5ccccc5c5ccccc45)c3)nc(-c3cccc4c3sc3ccccc34)n2)cc(-c2ccc(-c3ccc4sc5c(-c6nc(-c7cccc(-c8cc9ccccc9c9ccccc89)c7)nc(-c7cccc(-c8cc9ccccc9c9ccccc89)c7)n6)cccc5c4c3)c3ccccc23)c1. The van der Waals surface area contributed by atoms with Crippen LogP contribution in [0.4, 0.5) is 0 Å². The standard InChI is InChI=1S/C106H62N6S2/c1-4-34-75-67(23-1)59-93(85-42-12-9-37-80(75)85)64-27-18-31-72(56-64)102-107-101(109-105(110-102)91-48-21-46-89-88-45-15-16-50-97(88)113-99(89)91)71-30-17-26-63(55-71)78-52-53-79(84-41-8-7-40-83(78)84)70-51-54-98-96(62-70)90-47-22-49-92(100(90)114-98)106-111-103(73-32-19-28-65(57-73)94-60-68-24-2-5-35-76(68)81-38-10-13-43-86(81)94)108-104(112-106)74-33-20-29-66(58-74)95-61-69-25-3-6-36-77(69)82-39-11-14-44-87(82)95/h1-62H. The summed E-state index contributed by atoms with van der Waals surface area (Å²) in [5.41, 5.74) is 16.7. The van der Waals surface area contributed by atoms with Crippen molar-refractivity contribution in [1.29, 1.82) is 0 Å². The third kappa shape index (κ3) is 11.0. The minimum Gasteiger partial charge on any atom is -0.208 e. The zero-order chi connectivity index (χ0) is 74.9. The summed E-state index contributed by atoms with van der Waals surface area (Å²) in [6, 6.07) is 136. The van der Waals surface area contributed by atoms with Gasteiger partial charge < -0.3 is 0 Å². The van der Waals surface area contributed by atoms with E-state index in [1.54, 1.807) is 22.7 Å². The Bertz CT molecular complexity index is 7790. The third-order valence-electron chi connectivity index (χ3n) is 22.9. The average Bonchev–Trinajstić information content (AvgIpc) is 1.23. The molecule has 0 aliphatic carbocycles. The molecule has 8 heteroatoms. The highest BCUT2D eigenvalue weighted by Gasteiger charge is 2.24. The lowest BCUT2D eigenvalue weighted by molar-refractivity contribution is 1.08. The van der Waals surface area contributed by atoms with E-state index in [0.29, 0.717) is 34.9 Å². The normalized spacial score (nSPS) is 11.9. The topological polar surface area (TPSA) is 77.3 Å². The van der Waals surface area contributed by atoms with E-state index in [9.17, 15) is 0 Å². The molecule has 0 aliphatic heterocycles. The number of hydrogen-bond acceptors (Lipinski definition) is 8. The van der Waals surface area contributed by atoms with Crippen molar-refractivity contribution in [2.24, 2.45) is 0 Å². The van der Waals surface area contributed by atoms with Gasteiger partial charge in [-0.05, 0) is 204 Å². The molecule has 23 rings (SSSR count). The van der Waals surface area contributed by atoms with Gasteiger partial charge >= 0.3 is 0 Å². The zero-order valence-corrected chi connectivity index (χ0v) is 62.9. The molecule has 114 heavy (non-hydrogen) atoms. The highest BCUT2D eigenvalue weighted by molar-refractivity contribution is 7.26. The first-order chi connectivity index (χ1) is 56.5. The summed E-state index contributed by atoms with van der Waals surface area (Å²) in [6.45, 7) is 0. The molecule has 0 bridgehead atoms. The fourth-order valence-electron chi connectivity index (χ4n) is 17.6. The Labute approximate surface area is 663 Å². The maximum absolute atomic E-state index is 5.53. The summed E-state index contributed by atoms with van der Waals surface area (Å²) in [7, 11) is 0. The Hall–Kier alpha value is -14.5. The molecule has 0 atom stereocenters. The van der Waals surface area contributed by atoms with Gasteiger partial charge in [-0.3, -0.25) is 0 Å². The quantitative estimate of drug-likeness (QED) is 0.120. The predicted octanol–water partition coefficient (Wildman–Crippen LogP) is 29.2. The highest BCUT2D eigenvalue weighted by Crippen LogP contribution is 2.47. The van der Waals surface area contributed by atoms with Gasteiger partial charge in [0.15, 0.2) is 34.9 Å². The van der Waals surface area contributed by atoms with Crippen molar-refractivity contribution in [1.82, 2.24) is 29.9 Å². The molecule has 0 saturated heterocycles. The average molecular weight is 1480 g/mol. The minimum absolute atomic E-state index is 0.598. The van der Waals surface area contributed by atoms with Crippen molar-refractivity contribution < 1.29 is 0 Å².